The predicted octanol–water partition coefficient (Wildman–Crippen LogP) is 2.01. The van der Waals surface area contributed by atoms with Gasteiger partial charge in [-0.05, 0) is 37.9 Å². The van der Waals surface area contributed by atoms with Crippen molar-refractivity contribution >= 4 is 11.6 Å². The first-order chi connectivity index (χ1) is 9.74. The van der Waals surface area contributed by atoms with E-state index in [4.69, 9.17) is 10.00 Å². The average molecular weight is 273 g/mol. The highest BCUT2D eigenvalue weighted by Gasteiger charge is 2.24. The molecule has 5 heteroatoms. The van der Waals surface area contributed by atoms with Crippen LogP contribution in [-0.2, 0) is 4.79 Å². The van der Waals surface area contributed by atoms with E-state index in [1.54, 1.807) is 19.2 Å². The highest BCUT2D eigenvalue weighted by Crippen LogP contribution is 2.23. The number of benzene rings is 1. The lowest BCUT2D eigenvalue weighted by atomic mass is 10.0. The summed E-state index contributed by atoms with van der Waals surface area (Å²) in [6, 6.07) is 9.42. The lowest BCUT2D eigenvalue weighted by molar-refractivity contribution is -0.117. The van der Waals surface area contributed by atoms with Crippen LogP contribution in [0.3, 0.4) is 0 Å². The number of amides is 1. The molecule has 1 atom stereocenters. The Kier molecular flexibility index (Phi) is 4.97. The van der Waals surface area contributed by atoms with Crippen LogP contribution in [0, 0.1) is 11.3 Å². The highest BCUT2D eigenvalue weighted by molar-refractivity contribution is 5.93. The molecule has 1 saturated heterocycles. The van der Waals surface area contributed by atoms with Gasteiger partial charge in [0.1, 0.15) is 5.75 Å². The third-order valence-corrected chi connectivity index (χ3v) is 3.49. The van der Waals surface area contributed by atoms with E-state index >= 15 is 0 Å². The first kappa shape index (κ1) is 14.4. The third-order valence-electron chi connectivity index (χ3n) is 3.49. The maximum atomic E-state index is 12.1. The molecule has 0 saturated carbocycles. The summed E-state index contributed by atoms with van der Waals surface area (Å²) >= 11 is 0. The molecule has 106 valence electrons. The number of carbonyl (C=O) groups excluding carboxylic acids is 1. The smallest absolute Gasteiger partial charge is 0.238 e. The van der Waals surface area contributed by atoms with Gasteiger partial charge in [-0.2, -0.15) is 5.26 Å². The van der Waals surface area contributed by atoms with Gasteiger partial charge < -0.3 is 10.1 Å². The second kappa shape index (κ2) is 6.92. The Morgan fingerprint density at radius 1 is 1.50 bits per heavy atom. The number of hydrogen-bond donors (Lipinski definition) is 1. The number of piperidine rings is 1. The van der Waals surface area contributed by atoms with E-state index in [1.165, 1.54) is 0 Å². The van der Waals surface area contributed by atoms with Gasteiger partial charge in [-0.15, -0.1) is 0 Å². The van der Waals surface area contributed by atoms with Gasteiger partial charge in [-0.1, -0.05) is 12.1 Å². The highest BCUT2D eigenvalue weighted by atomic mass is 16.5. The first-order valence-corrected chi connectivity index (χ1v) is 6.81. The summed E-state index contributed by atoms with van der Waals surface area (Å²) in [7, 11) is 1.57. The van der Waals surface area contributed by atoms with Gasteiger partial charge in [-0.3, -0.25) is 9.69 Å². The monoisotopic (exact) mass is 273 g/mol. The molecule has 0 radical (unpaired) electrons. The summed E-state index contributed by atoms with van der Waals surface area (Å²) in [4.78, 5) is 14.0. The van der Waals surface area contributed by atoms with Crippen molar-refractivity contribution in [1.82, 2.24) is 4.90 Å². The van der Waals surface area contributed by atoms with E-state index in [0.717, 1.165) is 25.8 Å². The zero-order valence-corrected chi connectivity index (χ0v) is 11.6. The molecule has 1 aromatic rings. The van der Waals surface area contributed by atoms with Gasteiger partial charge in [0.05, 0.1) is 31.5 Å². The van der Waals surface area contributed by atoms with Crippen molar-refractivity contribution in [3.05, 3.63) is 24.3 Å². The van der Waals surface area contributed by atoms with Gasteiger partial charge in [-0.25, -0.2) is 0 Å². The maximum Gasteiger partial charge on any atom is 0.238 e. The number of hydrogen-bond acceptors (Lipinski definition) is 4. The van der Waals surface area contributed by atoms with Crippen molar-refractivity contribution in [3.8, 4) is 11.8 Å². The number of para-hydroxylation sites is 2. The number of carbonyl (C=O) groups is 1. The van der Waals surface area contributed by atoms with Crippen LogP contribution >= 0.6 is 0 Å². The van der Waals surface area contributed by atoms with Crippen molar-refractivity contribution in [2.75, 3.05) is 25.5 Å². The Bertz CT molecular complexity index is 510. The molecule has 1 fully saturated rings. The van der Waals surface area contributed by atoms with E-state index in [2.05, 4.69) is 11.4 Å². The van der Waals surface area contributed by atoms with Gasteiger partial charge >= 0.3 is 0 Å². The fraction of sp³-hybridized carbons (Fsp3) is 0.467. The molecule has 0 bridgehead atoms. The molecular formula is C15H19N3O2. The zero-order chi connectivity index (χ0) is 14.4. The van der Waals surface area contributed by atoms with Crippen LogP contribution in [0.4, 0.5) is 5.69 Å². The van der Waals surface area contributed by atoms with Crippen LogP contribution in [0.5, 0.6) is 5.75 Å². The lowest BCUT2D eigenvalue weighted by Crippen LogP contribution is -2.43. The topological polar surface area (TPSA) is 65.4 Å². The largest absolute Gasteiger partial charge is 0.495 e. The molecular weight excluding hydrogens is 254 g/mol. The van der Waals surface area contributed by atoms with Gasteiger partial charge in [0.2, 0.25) is 5.91 Å². The van der Waals surface area contributed by atoms with Crippen molar-refractivity contribution in [2.24, 2.45) is 0 Å². The van der Waals surface area contributed by atoms with E-state index in [-0.39, 0.29) is 18.5 Å². The predicted molar refractivity (Wildman–Crippen MR) is 76.4 cm³/mol. The van der Waals surface area contributed by atoms with Crippen LogP contribution in [0.1, 0.15) is 19.3 Å². The van der Waals surface area contributed by atoms with Gasteiger partial charge in [0.25, 0.3) is 0 Å². The van der Waals surface area contributed by atoms with Crippen molar-refractivity contribution < 1.29 is 9.53 Å². The minimum absolute atomic E-state index is 0.114. The molecule has 0 aliphatic carbocycles. The molecule has 1 heterocycles. The first-order valence-electron chi connectivity index (χ1n) is 6.81. The molecule has 1 N–H and O–H groups in total. The normalized spacial score (nSPS) is 19.1. The molecule has 5 nitrogen and oxygen atoms in total. The van der Waals surface area contributed by atoms with Crippen LogP contribution in [0.15, 0.2) is 24.3 Å². The Labute approximate surface area is 119 Å². The van der Waals surface area contributed by atoms with E-state index < -0.39 is 0 Å². The Balaban J connectivity index is 1.96. The standard InChI is InChI=1S/C15H19N3O2/c1-20-14-8-3-2-7-13(14)17-15(19)11-18-9-5-4-6-12(18)10-16/h2-3,7-8,12H,4-6,9,11H2,1H3,(H,17,19). The molecule has 1 unspecified atom stereocenters. The quantitative estimate of drug-likeness (QED) is 0.911. The maximum absolute atomic E-state index is 12.1. The van der Waals surface area contributed by atoms with Gasteiger partial charge in [0.15, 0.2) is 0 Å². The molecule has 2 rings (SSSR count). The number of anilines is 1. The molecule has 0 spiro atoms. The van der Waals surface area contributed by atoms with Gasteiger partial charge in [0, 0.05) is 0 Å². The van der Waals surface area contributed by atoms with E-state index in [0.29, 0.717) is 11.4 Å². The fourth-order valence-electron chi connectivity index (χ4n) is 2.45. The fourth-order valence-corrected chi connectivity index (χ4v) is 2.45. The Morgan fingerprint density at radius 2 is 2.30 bits per heavy atom. The Morgan fingerprint density at radius 3 is 3.05 bits per heavy atom. The number of methoxy groups -OCH3 is 1. The SMILES string of the molecule is COc1ccccc1NC(=O)CN1CCCCC1C#N. The van der Waals surface area contributed by atoms with Crippen molar-refractivity contribution in [3.63, 3.8) is 0 Å². The van der Waals surface area contributed by atoms with Crippen molar-refractivity contribution in [1.29, 1.82) is 5.26 Å². The van der Waals surface area contributed by atoms with E-state index in [1.807, 2.05) is 17.0 Å². The summed E-state index contributed by atoms with van der Waals surface area (Å²) < 4.78 is 5.20. The number of rotatable bonds is 4. The van der Waals surface area contributed by atoms with Crippen molar-refractivity contribution in [2.45, 2.75) is 25.3 Å². The molecule has 1 aliphatic rings. The molecule has 1 aliphatic heterocycles. The number of nitriles is 1. The lowest BCUT2D eigenvalue weighted by Gasteiger charge is -2.30. The number of nitrogens with one attached hydrogen (secondary N) is 1. The summed E-state index contributed by atoms with van der Waals surface area (Å²) in [6.45, 7) is 1.05. The molecule has 0 aromatic heterocycles. The summed E-state index contributed by atoms with van der Waals surface area (Å²) in [6.07, 6.45) is 2.95. The average Bonchev–Trinajstić information content (AvgIpc) is 2.48. The third kappa shape index (κ3) is 3.49. The minimum atomic E-state index is -0.146. The molecule has 20 heavy (non-hydrogen) atoms. The van der Waals surface area contributed by atoms with Crippen LogP contribution in [0.25, 0.3) is 0 Å². The van der Waals surface area contributed by atoms with Crippen LogP contribution < -0.4 is 10.1 Å². The Hall–Kier alpha value is -2.06. The molecule has 1 aromatic carbocycles. The minimum Gasteiger partial charge on any atom is -0.495 e. The summed E-state index contributed by atoms with van der Waals surface area (Å²) in [5.74, 6) is 0.521. The summed E-state index contributed by atoms with van der Waals surface area (Å²) in [5.41, 5.74) is 0.658. The number of likely N-dealkylation sites (tertiary alicyclic amines) is 1. The molecule has 1 amide bonds. The second-order valence-corrected chi connectivity index (χ2v) is 4.86. The van der Waals surface area contributed by atoms with Crippen LogP contribution in [-0.4, -0.2) is 37.0 Å². The zero-order valence-electron chi connectivity index (χ0n) is 11.6. The van der Waals surface area contributed by atoms with Crippen LogP contribution in [0.2, 0.25) is 0 Å². The second-order valence-electron chi connectivity index (χ2n) is 4.86. The summed E-state index contributed by atoms with van der Waals surface area (Å²) in [5, 5.41) is 11.9. The van der Waals surface area contributed by atoms with E-state index in [9.17, 15) is 4.79 Å². The number of ether oxygens (including phenoxy) is 1. The number of nitrogens with zero attached hydrogens (tertiary/aromatic N) is 2.